The van der Waals surface area contributed by atoms with Crippen LogP contribution in [0.15, 0.2) is 18.3 Å². The molecule has 0 radical (unpaired) electrons. The summed E-state index contributed by atoms with van der Waals surface area (Å²) in [4.78, 5) is 5.77. The van der Waals surface area contributed by atoms with E-state index in [1.54, 1.807) is 0 Å². The Balaban J connectivity index is 1.97. The zero-order valence-electron chi connectivity index (χ0n) is 9.66. The Bertz CT molecular complexity index is 275. The van der Waals surface area contributed by atoms with Crippen LogP contribution in [-0.4, -0.2) is 36.1 Å². The van der Waals surface area contributed by atoms with Crippen molar-refractivity contribution in [3.63, 3.8) is 0 Å². The largest absolute Gasteiger partial charge is 0.364 e. The second-order valence-corrected chi connectivity index (χ2v) is 4.47. The summed E-state index contributed by atoms with van der Waals surface area (Å²) in [6.07, 6.45) is 4.61. The van der Waals surface area contributed by atoms with E-state index in [0.29, 0.717) is 12.1 Å². The van der Waals surface area contributed by atoms with Gasteiger partial charge in [-0.05, 0) is 45.5 Å². The number of hydrogen-bond acceptors (Lipinski definition) is 2. The first-order chi connectivity index (χ1) is 7.29. The minimum Gasteiger partial charge on any atom is -0.364 e. The summed E-state index contributed by atoms with van der Waals surface area (Å²) < 4.78 is 0. The molecule has 2 atom stereocenters. The van der Waals surface area contributed by atoms with Gasteiger partial charge in [0.25, 0.3) is 0 Å². The molecule has 1 aromatic heterocycles. The molecule has 2 rings (SSSR count). The topological polar surface area (TPSA) is 31.1 Å². The number of rotatable bonds is 3. The highest BCUT2D eigenvalue weighted by Gasteiger charge is 2.22. The highest BCUT2D eigenvalue weighted by molar-refractivity contribution is 5.08. The Kier molecular flexibility index (Phi) is 3.44. The number of likely N-dealkylation sites (N-methyl/N-ethyl adjacent to an activating group) is 1. The molecule has 1 aliphatic rings. The van der Waals surface area contributed by atoms with E-state index in [-0.39, 0.29) is 0 Å². The minimum absolute atomic E-state index is 0.477. The number of H-pyrrole nitrogens is 1. The molecule has 1 fully saturated rings. The van der Waals surface area contributed by atoms with Crippen molar-refractivity contribution in [1.82, 2.24) is 15.2 Å². The van der Waals surface area contributed by atoms with Gasteiger partial charge in [0, 0.05) is 30.5 Å². The van der Waals surface area contributed by atoms with Crippen molar-refractivity contribution >= 4 is 0 Å². The average molecular weight is 207 g/mol. The van der Waals surface area contributed by atoms with Crippen molar-refractivity contribution in [3.8, 4) is 0 Å². The quantitative estimate of drug-likeness (QED) is 0.791. The maximum atomic E-state index is 3.46. The van der Waals surface area contributed by atoms with Gasteiger partial charge in [-0.1, -0.05) is 0 Å². The maximum Gasteiger partial charge on any atom is 0.0470 e. The fraction of sp³-hybridized carbons (Fsp3) is 0.667. The molecule has 3 nitrogen and oxygen atoms in total. The van der Waals surface area contributed by atoms with Gasteiger partial charge in [-0.15, -0.1) is 0 Å². The van der Waals surface area contributed by atoms with Crippen molar-refractivity contribution < 1.29 is 0 Å². The fourth-order valence-electron chi connectivity index (χ4n) is 2.32. The Morgan fingerprint density at radius 3 is 3.00 bits per heavy atom. The smallest absolute Gasteiger partial charge is 0.0470 e. The van der Waals surface area contributed by atoms with Gasteiger partial charge in [-0.3, -0.25) is 4.90 Å². The molecule has 0 bridgehead atoms. The third-order valence-corrected chi connectivity index (χ3v) is 3.53. The van der Waals surface area contributed by atoms with E-state index < -0.39 is 0 Å². The van der Waals surface area contributed by atoms with Crippen molar-refractivity contribution in [1.29, 1.82) is 0 Å². The van der Waals surface area contributed by atoms with Crippen molar-refractivity contribution in [2.75, 3.05) is 20.1 Å². The molecule has 3 heteroatoms. The lowest BCUT2D eigenvalue weighted by molar-refractivity contribution is 0.154. The van der Waals surface area contributed by atoms with E-state index in [2.05, 4.69) is 41.3 Å². The number of nitrogens with one attached hydrogen (secondary N) is 2. The van der Waals surface area contributed by atoms with Crippen molar-refractivity contribution in [2.45, 2.75) is 31.8 Å². The maximum absolute atomic E-state index is 3.46. The monoisotopic (exact) mass is 207 g/mol. The van der Waals surface area contributed by atoms with Crippen LogP contribution in [0.5, 0.6) is 0 Å². The van der Waals surface area contributed by atoms with Crippen LogP contribution >= 0.6 is 0 Å². The molecule has 2 N–H and O–H groups in total. The first-order valence-electron chi connectivity index (χ1n) is 5.85. The van der Waals surface area contributed by atoms with Crippen LogP contribution in [0.1, 0.15) is 31.5 Å². The normalized spacial score (nSPS) is 24.3. The van der Waals surface area contributed by atoms with E-state index in [4.69, 9.17) is 0 Å². The number of nitrogens with zero attached hydrogens (tertiary/aromatic N) is 1. The first-order valence-corrected chi connectivity index (χ1v) is 5.85. The molecule has 0 aliphatic carbocycles. The zero-order valence-corrected chi connectivity index (χ0v) is 9.66. The second-order valence-electron chi connectivity index (χ2n) is 4.47. The molecule has 0 unspecified atom stereocenters. The van der Waals surface area contributed by atoms with Crippen molar-refractivity contribution in [2.24, 2.45) is 0 Å². The summed E-state index contributed by atoms with van der Waals surface area (Å²) in [5.41, 5.74) is 1.31. The average Bonchev–Trinajstić information content (AvgIpc) is 2.82. The lowest BCUT2D eigenvalue weighted by Gasteiger charge is -2.35. The number of hydrogen-bond donors (Lipinski definition) is 2. The van der Waals surface area contributed by atoms with E-state index in [1.165, 1.54) is 25.1 Å². The molecule has 0 saturated carbocycles. The molecule has 1 aromatic rings. The molecule has 0 aromatic carbocycles. The van der Waals surface area contributed by atoms with E-state index in [9.17, 15) is 0 Å². The second kappa shape index (κ2) is 4.81. The highest BCUT2D eigenvalue weighted by Crippen LogP contribution is 2.21. The molecule has 15 heavy (non-hydrogen) atoms. The number of aromatic amines is 1. The zero-order chi connectivity index (χ0) is 10.7. The van der Waals surface area contributed by atoms with Gasteiger partial charge in [0.2, 0.25) is 0 Å². The SMILES string of the molecule is C[C@H](c1ccc[nH]1)N(C)[C@@H]1CCCNC1. The summed E-state index contributed by atoms with van der Waals surface area (Å²) in [5, 5.41) is 3.46. The molecular weight excluding hydrogens is 186 g/mol. The van der Waals surface area contributed by atoms with E-state index in [0.717, 1.165) is 6.54 Å². The summed E-state index contributed by atoms with van der Waals surface area (Å²) in [6, 6.07) is 5.39. The molecule has 1 saturated heterocycles. The van der Waals surface area contributed by atoms with Gasteiger partial charge >= 0.3 is 0 Å². The van der Waals surface area contributed by atoms with Gasteiger partial charge in [0.1, 0.15) is 0 Å². The van der Waals surface area contributed by atoms with Gasteiger partial charge < -0.3 is 10.3 Å². The summed E-state index contributed by atoms with van der Waals surface area (Å²) in [7, 11) is 2.23. The lowest BCUT2D eigenvalue weighted by Crippen LogP contribution is -2.45. The van der Waals surface area contributed by atoms with Crippen LogP contribution in [0.2, 0.25) is 0 Å². The van der Waals surface area contributed by atoms with Crippen LogP contribution < -0.4 is 5.32 Å². The summed E-state index contributed by atoms with van der Waals surface area (Å²) in [5.74, 6) is 0. The molecule has 2 heterocycles. The Hall–Kier alpha value is -0.800. The van der Waals surface area contributed by atoms with Crippen LogP contribution in [0, 0.1) is 0 Å². The summed E-state index contributed by atoms with van der Waals surface area (Å²) in [6.45, 7) is 4.57. The van der Waals surface area contributed by atoms with Gasteiger partial charge in [0.15, 0.2) is 0 Å². The molecular formula is C12H21N3. The number of aromatic nitrogens is 1. The number of piperidine rings is 1. The predicted molar refractivity (Wildman–Crippen MR) is 62.9 cm³/mol. The van der Waals surface area contributed by atoms with Crippen molar-refractivity contribution in [3.05, 3.63) is 24.0 Å². The van der Waals surface area contributed by atoms with Gasteiger partial charge in [-0.2, -0.15) is 0 Å². The fourth-order valence-corrected chi connectivity index (χ4v) is 2.32. The van der Waals surface area contributed by atoms with Gasteiger partial charge in [-0.25, -0.2) is 0 Å². The Labute approximate surface area is 91.9 Å². The Morgan fingerprint density at radius 2 is 2.40 bits per heavy atom. The van der Waals surface area contributed by atoms with E-state index in [1.807, 2.05) is 6.20 Å². The van der Waals surface area contributed by atoms with Gasteiger partial charge in [0.05, 0.1) is 0 Å². The van der Waals surface area contributed by atoms with Crippen LogP contribution in [0.4, 0.5) is 0 Å². The van der Waals surface area contributed by atoms with Crippen LogP contribution in [-0.2, 0) is 0 Å². The third kappa shape index (κ3) is 2.41. The summed E-state index contributed by atoms with van der Waals surface area (Å²) >= 11 is 0. The highest BCUT2D eigenvalue weighted by atomic mass is 15.2. The first kappa shape index (κ1) is 10.7. The third-order valence-electron chi connectivity index (χ3n) is 3.53. The van der Waals surface area contributed by atoms with E-state index >= 15 is 0 Å². The predicted octanol–water partition coefficient (Wildman–Crippen LogP) is 1.76. The lowest BCUT2D eigenvalue weighted by atomic mass is 10.0. The standard InChI is InChI=1S/C12H21N3/c1-10(12-6-4-8-14-12)15(2)11-5-3-7-13-9-11/h4,6,8,10-11,13-14H,3,5,7,9H2,1-2H3/t10-,11-/m1/s1. The molecule has 1 aliphatic heterocycles. The van der Waals surface area contributed by atoms with Crippen LogP contribution in [0.25, 0.3) is 0 Å². The molecule has 0 spiro atoms. The van der Waals surface area contributed by atoms with Crippen LogP contribution in [0.3, 0.4) is 0 Å². The molecule has 0 amide bonds. The minimum atomic E-state index is 0.477. The Morgan fingerprint density at radius 1 is 1.53 bits per heavy atom. The molecule has 84 valence electrons.